The highest BCUT2D eigenvalue weighted by Gasteiger charge is 2.21. The number of H-pyrrole nitrogens is 1. The number of nitrogens with one attached hydrogen (secondary N) is 2. The predicted octanol–water partition coefficient (Wildman–Crippen LogP) is 1.26. The largest absolute Gasteiger partial charge is 0.493 e. The number of benzene rings is 1. The molecular weight excluding hydrogens is 349 g/mol. The van der Waals surface area contributed by atoms with Crippen molar-refractivity contribution in [1.82, 2.24) is 15.3 Å². The van der Waals surface area contributed by atoms with Crippen molar-refractivity contribution < 1.29 is 19.8 Å². The molecule has 4 N–H and O–H groups in total. The number of aliphatic carboxylic acids is 1. The Morgan fingerprint density at radius 3 is 2.39 bits per heavy atom. The van der Waals surface area contributed by atoms with Gasteiger partial charge in [-0.05, 0) is 12.1 Å². The minimum atomic E-state index is -1.30. The molecule has 0 spiro atoms. The molecule has 0 radical (unpaired) electrons. The lowest BCUT2D eigenvalue weighted by Gasteiger charge is -2.08. The fourth-order valence-corrected chi connectivity index (χ4v) is 2.33. The number of carboxylic acid groups (broad SMARTS) is 1. The standard InChI is InChI=1S/C13H9Cl2N3O5/c14-5-2-1-3-6(15)8(5)10-17-12(22)9(13(23)18-10)11(21)16-4-7(19)20/h1-3H,4H2,(H,16,21)(H,19,20)(H2,17,18,22,23). The van der Waals surface area contributed by atoms with Gasteiger partial charge in [0, 0.05) is 0 Å². The van der Waals surface area contributed by atoms with Gasteiger partial charge < -0.3 is 20.5 Å². The second-order valence-corrected chi connectivity index (χ2v) is 5.10. The van der Waals surface area contributed by atoms with Crippen LogP contribution in [0.15, 0.2) is 23.0 Å². The molecular formula is C13H9Cl2N3O5. The number of amides is 1. The zero-order valence-corrected chi connectivity index (χ0v) is 12.8. The molecule has 0 bridgehead atoms. The Morgan fingerprint density at radius 2 is 1.87 bits per heavy atom. The molecule has 120 valence electrons. The van der Waals surface area contributed by atoms with Gasteiger partial charge in [0.25, 0.3) is 11.5 Å². The number of aromatic nitrogens is 2. The van der Waals surface area contributed by atoms with Crippen molar-refractivity contribution >= 4 is 35.1 Å². The SMILES string of the molecule is O=C(O)CNC(=O)c1c(O)nc(-c2c(Cl)cccc2Cl)[nH]c1=O. The Bertz CT molecular complexity index is 830. The molecule has 23 heavy (non-hydrogen) atoms. The van der Waals surface area contributed by atoms with E-state index < -0.39 is 35.4 Å². The second kappa shape index (κ2) is 6.67. The zero-order valence-electron chi connectivity index (χ0n) is 11.3. The maximum absolute atomic E-state index is 12.0. The summed E-state index contributed by atoms with van der Waals surface area (Å²) in [5, 5.41) is 20.6. The van der Waals surface area contributed by atoms with Crippen LogP contribution in [0.4, 0.5) is 0 Å². The molecule has 0 unspecified atom stereocenters. The quantitative estimate of drug-likeness (QED) is 0.651. The molecule has 0 aliphatic rings. The van der Waals surface area contributed by atoms with E-state index in [-0.39, 0.29) is 21.4 Å². The number of carbonyl (C=O) groups is 2. The Labute approximate surface area is 138 Å². The summed E-state index contributed by atoms with van der Waals surface area (Å²) < 4.78 is 0. The minimum Gasteiger partial charge on any atom is -0.493 e. The van der Waals surface area contributed by atoms with Gasteiger partial charge in [-0.3, -0.25) is 14.4 Å². The van der Waals surface area contributed by atoms with E-state index >= 15 is 0 Å². The van der Waals surface area contributed by atoms with E-state index in [1.807, 2.05) is 5.32 Å². The van der Waals surface area contributed by atoms with Gasteiger partial charge in [0.1, 0.15) is 12.4 Å². The van der Waals surface area contributed by atoms with Crippen LogP contribution < -0.4 is 10.9 Å². The van der Waals surface area contributed by atoms with Gasteiger partial charge in [0.15, 0.2) is 5.56 Å². The fourth-order valence-electron chi connectivity index (χ4n) is 1.75. The highest BCUT2D eigenvalue weighted by atomic mass is 35.5. The molecule has 0 saturated carbocycles. The molecule has 0 fully saturated rings. The summed E-state index contributed by atoms with van der Waals surface area (Å²) in [6.07, 6.45) is 0. The van der Waals surface area contributed by atoms with Gasteiger partial charge in [0.05, 0.1) is 15.6 Å². The summed E-state index contributed by atoms with van der Waals surface area (Å²) in [6, 6.07) is 4.60. The van der Waals surface area contributed by atoms with Gasteiger partial charge in [-0.25, -0.2) is 0 Å². The van der Waals surface area contributed by atoms with E-state index in [0.29, 0.717) is 0 Å². The molecule has 1 amide bonds. The number of carbonyl (C=O) groups excluding carboxylic acids is 1. The zero-order chi connectivity index (χ0) is 17.1. The van der Waals surface area contributed by atoms with Crippen LogP contribution in [0, 0.1) is 0 Å². The monoisotopic (exact) mass is 357 g/mol. The van der Waals surface area contributed by atoms with Crippen LogP contribution in [-0.4, -0.2) is 38.6 Å². The number of nitrogens with zero attached hydrogens (tertiary/aromatic N) is 1. The highest BCUT2D eigenvalue weighted by molar-refractivity contribution is 6.38. The number of rotatable bonds is 4. The van der Waals surface area contributed by atoms with Gasteiger partial charge in [-0.15, -0.1) is 0 Å². The molecule has 1 aromatic carbocycles. The lowest BCUT2D eigenvalue weighted by molar-refractivity contribution is -0.135. The van der Waals surface area contributed by atoms with Crippen molar-refractivity contribution in [1.29, 1.82) is 0 Å². The first-order valence-corrected chi connectivity index (χ1v) is 6.84. The summed E-state index contributed by atoms with van der Waals surface area (Å²) in [7, 11) is 0. The van der Waals surface area contributed by atoms with Crippen molar-refractivity contribution in [3.63, 3.8) is 0 Å². The van der Waals surface area contributed by atoms with E-state index in [1.165, 1.54) is 12.1 Å². The fraction of sp³-hybridized carbons (Fsp3) is 0.0769. The number of aromatic amines is 1. The van der Waals surface area contributed by atoms with Crippen LogP contribution in [0.3, 0.4) is 0 Å². The topological polar surface area (TPSA) is 132 Å². The van der Waals surface area contributed by atoms with E-state index in [1.54, 1.807) is 6.07 Å². The molecule has 0 aliphatic heterocycles. The summed E-state index contributed by atoms with van der Waals surface area (Å²) in [6.45, 7) is -0.712. The summed E-state index contributed by atoms with van der Waals surface area (Å²) in [5.41, 5.74) is -1.50. The van der Waals surface area contributed by atoms with Crippen LogP contribution in [-0.2, 0) is 4.79 Å². The van der Waals surface area contributed by atoms with Crippen molar-refractivity contribution in [2.24, 2.45) is 0 Å². The molecule has 0 atom stereocenters. The molecule has 2 aromatic rings. The second-order valence-electron chi connectivity index (χ2n) is 4.29. The van der Waals surface area contributed by atoms with E-state index in [2.05, 4.69) is 9.97 Å². The van der Waals surface area contributed by atoms with Gasteiger partial charge in [-0.2, -0.15) is 4.98 Å². The van der Waals surface area contributed by atoms with Crippen molar-refractivity contribution in [3.8, 4) is 17.3 Å². The number of aromatic hydroxyl groups is 1. The normalized spacial score (nSPS) is 10.3. The number of carboxylic acids is 1. The van der Waals surface area contributed by atoms with E-state index in [4.69, 9.17) is 28.3 Å². The third-order valence-electron chi connectivity index (χ3n) is 2.73. The number of halogens is 2. The first-order valence-electron chi connectivity index (χ1n) is 6.09. The molecule has 8 nitrogen and oxygen atoms in total. The maximum Gasteiger partial charge on any atom is 0.322 e. The first-order chi connectivity index (χ1) is 10.8. The van der Waals surface area contributed by atoms with Gasteiger partial charge in [-0.1, -0.05) is 29.3 Å². The smallest absolute Gasteiger partial charge is 0.322 e. The van der Waals surface area contributed by atoms with Crippen molar-refractivity contribution in [3.05, 3.63) is 44.2 Å². The molecule has 0 saturated heterocycles. The Hall–Kier alpha value is -2.58. The van der Waals surface area contributed by atoms with Crippen LogP contribution in [0.1, 0.15) is 10.4 Å². The number of hydrogen-bond donors (Lipinski definition) is 4. The summed E-state index contributed by atoms with van der Waals surface area (Å²) in [5.74, 6) is -3.38. The Morgan fingerprint density at radius 1 is 1.26 bits per heavy atom. The third-order valence-corrected chi connectivity index (χ3v) is 3.36. The molecule has 1 heterocycles. The molecule has 10 heteroatoms. The summed E-state index contributed by atoms with van der Waals surface area (Å²) >= 11 is 12.0. The predicted molar refractivity (Wildman–Crippen MR) is 81.9 cm³/mol. The van der Waals surface area contributed by atoms with Crippen molar-refractivity contribution in [2.75, 3.05) is 6.54 Å². The maximum atomic E-state index is 12.0. The Kier molecular flexibility index (Phi) is 4.87. The van der Waals surface area contributed by atoms with E-state index in [9.17, 15) is 19.5 Å². The van der Waals surface area contributed by atoms with Gasteiger partial charge in [0.2, 0.25) is 5.88 Å². The molecule has 2 rings (SSSR count). The minimum absolute atomic E-state index is 0.127. The molecule has 1 aromatic heterocycles. The lowest BCUT2D eigenvalue weighted by Crippen LogP contribution is -2.33. The molecule has 0 aliphatic carbocycles. The average molecular weight is 358 g/mol. The van der Waals surface area contributed by atoms with Crippen LogP contribution in [0.5, 0.6) is 5.88 Å². The lowest BCUT2D eigenvalue weighted by atomic mass is 10.2. The Balaban J connectivity index is 2.48. The van der Waals surface area contributed by atoms with E-state index in [0.717, 1.165) is 0 Å². The van der Waals surface area contributed by atoms with Crippen LogP contribution >= 0.6 is 23.2 Å². The number of hydrogen-bond acceptors (Lipinski definition) is 5. The average Bonchev–Trinajstić information content (AvgIpc) is 2.44. The highest BCUT2D eigenvalue weighted by Crippen LogP contribution is 2.32. The van der Waals surface area contributed by atoms with Crippen LogP contribution in [0.2, 0.25) is 10.0 Å². The third kappa shape index (κ3) is 3.61. The first kappa shape index (κ1) is 16.8. The summed E-state index contributed by atoms with van der Waals surface area (Å²) in [4.78, 5) is 40.1. The van der Waals surface area contributed by atoms with Crippen molar-refractivity contribution in [2.45, 2.75) is 0 Å². The van der Waals surface area contributed by atoms with Crippen LogP contribution in [0.25, 0.3) is 11.4 Å². The van der Waals surface area contributed by atoms with Gasteiger partial charge >= 0.3 is 5.97 Å².